The van der Waals surface area contributed by atoms with Gasteiger partial charge in [-0.15, -0.1) is 0 Å². The van der Waals surface area contributed by atoms with Gasteiger partial charge in [-0.1, -0.05) is 12.8 Å². The maximum absolute atomic E-state index is 12.4. The van der Waals surface area contributed by atoms with Crippen LogP contribution in [0.3, 0.4) is 0 Å². The van der Waals surface area contributed by atoms with E-state index in [0.717, 1.165) is 25.7 Å². The predicted molar refractivity (Wildman–Crippen MR) is 93.9 cm³/mol. The summed E-state index contributed by atoms with van der Waals surface area (Å²) in [5.41, 5.74) is 0. The lowest BCUT2D eigenvalue weighted by Crippen LogP contribution is -2.38. The Morgan fingerprint density at radius 2 is 1.76 bits per heavy atom. The topological polar surface area (TPSA) is 111 Å². The zero-order chi connectivity index (χ0) is 18.5. The van der Waals surface area contributed by atoms with E-state index < -0.39 is 20.0 Å². The first-order valence-corrected chi connectivity index (χ1v) is 11.1. The van der Waals surface area contributed by atoms with Gasteiger partial charge in [0.1, 0.15) is 16.4 Å². The van der Waals surface area contributed by atoms with Gasteiger partial charge in [-0.25, -0.2) is 26.3 Å². The Hall–Kier alpha value is -1.36. The smallest absolute Gasteiger partial charge is 0.244 e. The van der Waals surface area contributed by atoms with Gasteiger partial charge >= 0.3 is 0 Å². The zero-order valence-electron chi connectivity index (χ0n) is 14.3. The minimum atomic E-state index is -3.90. The number of hydrogen-bond donors (Lipinski definition) is 2. The molecule has 0 atom stereocenters. The van der Waals surface area contributed by atoms with Gasteiger partial charge in [0.15, 0.2) is 0 Å². The number of hydrogen-bond acceptors (Lipinski definition) is 6. The van der Waals surface area contributed by atoms with E-state index >= 15 is 0 Å². The molecule has 0 aromatic heterocycles. The van der Waals surface area contributed by atoms with Crippen molar-refractivity contribution in [2.24, 2.45) is 0 Å². The number of methoxy groups -OCH3 is 2. The highest BCUT2D eigenvalue weighted by atomic mass is 32.2. The maximum Gasteiger partial charge on any atom is 0.244 e. The molecule has 1 aliphatic rings. The minimum Gasteiger partial charge on any atom is -0.497 e. The standard InChI is InChI=1S/C15H24N2O6S2/c1-22-13-7-8-15(14(11-13)23-2)25(20,21)16-9-10-24(18,19)17-12-5-3-4-6-12/h7-8,11-12,16-17H,3-6,9-10H2,1-2H3. The maximum atomic E-state index is 12.4. The fourth-order valence-corrected chi connectivity index (χ4v) is 5.28. The number of ether oxygens (including phenoxy) is 2. The molecule has 2 rings (SSSR count). The van der Waals surface area contributed by atoms with Gasteiger partial charge in [0.2, 0.25) is 20.0 Å². The molecule has 0 saturated heterocycles. The van der Waals surface area contributed by atoms with Gasteiger partial charge in [-0.2, -0.15) is 0 Å². The number of sulfonamides is 2. The fourth-order valence-electron chi connectivity index (χ4n) is 2.74. The highest BCUT2D eigenvalue weighted by Crippen LogP contribution is 2.28. The molecule has 0 radical (unpaired) electrons. The van der Waals surface area contributed by atoms with Crippen LogP contribution in [0.25, 0.3) is 0 Å². The van der Waals surface area contributed by atoms with Gasteiger partial charge in [0.05, 0.1) is 20.0 Å². The Kier molecular flexibility index (Phi) is 6.66. The second-order valence-electron chi connectivity index (χ2n) is 5.83. The summed E-state index contributed by atoms with van der Waals surface area (Å²) < 4.78 is 63.9. The number of rotatable bonds is 9. The van der Waals surface area contributed by atoms with Crippen LogP contribution in [0.4, 0.5) is 0 Å². The molecule has 1 aliphatic carbocycles. The summed E-state index contributed by atoms with van der Waals surface area (Å²) in [6, 6.07) is 4.26. The highest BCUT2D eigenvalue weighted by Gasteiger charge is 2.23. The van der Waals surface area contributed by atoms with E-state index in [4.69, 9.17) is 9.47 Å². The Bertz CT molecular complexity index is 786. The Labute approximate surface area is 149 Å². The second kappa shape index (κ2) is 8.35. The highest BCUT2D eigenvalue weighted by molar-refractivity contribution is 7.90. The van der Waals surface area contributed by atoms with Crippen LogP contribution in [0.5, 0.6) is 11.5 Å². The molecule has 1 saturated carbocycles. The molecule has 1 aromatic rings. The van der Waals surface area contributed by atoms with E-state index in [-0.39, 0.29) is 29.0 Å². The molecule has 10 heteroatoms. The largest absolute Gasteiger partial charge is 0.497 e. The molecule has 8 nitrogen and oxygen atoms in total. The fraction of sp³-hybridized carbons (Fsp3) is 0.600. The molecular formula is C15H24N2O6S2. The van der Waals surface area contributed by atoms with Crippen molar-refractivity contribution in [1.29, 1.82) is 0 Å². The van der Waals surface area contributed by atoms with Gasteiger partial charge < -0.3 is 9.47 Å². The molecule has 0 spiro atoms. The molecule has 142 valence electrons. The molecule has 0 unspecified atom stereocenters. The molecule has 1 fully saturated rings. The summed E-state index contributed by atoms with van der Waals surface area (Å²) in [6.07, 6.45) is 3.68. The first-order chi connectivity index (χ1) is 11.8. The third-order valence-electron chi connectivity index (χ3n) is 4.02. The molecule has 1 aromatic carbocycles. The van der Waals surface area contributed by atoms with Crippen LogP contribution in [-0.2, 0) is 20.0 Å². The normalized spacial score (nSPS) is 16.1. The number of nitrogens with one attached hydrogen (secondary N) is 2. The van der Waals surface area contributed by atoms with Gasteiger partial charge in [0, 0.05) is 18.7 Å². The van der Waals surface area contributed by atoms with Crippen molar-refractivity contribution in [2.75, 3.05) is 26.5 Å². The van der Waals surface area contributed by atoms with E-state index in [1.807, 2.05) is 0 Å². The van der Waals surface area contributed by atoms with Crippen LogP contribution < -0.4 is 18.9 Å². The lowest BCUT2D eigenvalue weighted by atomic mass is 10.3. The zero-order valence-corrected chi connectivity index (χ0v) is 16.0. The lowest BCUT2D eigenvalue weighted by Gasteiger charge is -2.14. The van der Waals surface area contributed by atoms with Gasteiger partial charge in [-0.05, 0) is 25.0 Å². The monoisotopic (exact) mass is 392 g/mol. The molecule has 0 heterocycles. The summed E-state index contributed by atoms with van der Waals surface area (Å²) >= 11 is 0. The van der Waals surface area contributed by atoms with E-state index in [1.165, 1.54) is 32.4 Å². The molecule has 0 aliphatic heterocycles. The van der Waals surface area contributed by atoms with Crippen molar-refractivity contribution >= 4 is 20.0 Å². The van der Waals surface area contributed by atoms with Crippen LogP contribution in [-0.4, -0.2) is 49.4 Å². The Morgan fingerprint density at radius 3 is 2.36 bits per heavy atom. The van der Waals surface area contributed by atoms with E-state index in [0.29, 0.717) is 5.75 Å². The summed E-state index contributed by atoms with van der Waals surface area (Å²) in [6.45, 7) is -0.223. The Balaban J connectivity index is 1.99. The van der Waals surface area contributed by atoms with Crippen molar-refractivity contribution in [1.82, 2.24) is 9.44 Å². The quantitative estimate of drug-likeness (QED) is 0.644. The number of benzene rings is 1. The molecule has 25 heavy (non-hydrogen) atoms. The van der Waals surface area contributed by atoms with Gasteiger partial charge in [-0.3, -0.25) is 0 Å². The molecule has 2 N–H and O–H groups in total. The first kappa shape index (κ1) is 20.0. The van der Waals surface area contributed by atoms with Gasteiger partial charge in [0.25, 0.3) is 0 Å². The predicted octanol–water partition coefficient (Wildman–Crippen LogP) is 0.844. The molecule has 0 bridgehead atoms. The van der Waals surface area contributed by atoms with Crippen LogP contribution in [0, 0.1) is 0 Å². The van der Waals surface area contributed by atoms with E-state index in [9.17, 15) is 16.8 Å². The van der Waals surface area contributed by atoms with Crippen LogP contribution in [0.15, 0.2) is 23.1 Å². The minimum absolute atomic E-state index is 0.0386. The lowest BCUT2D eigenvalue weighted by molar-refractivity contribution is 0.386. The summed E-state index contributed by atoms with van der Waals surface area (Å²) in [4.78, 5) is -0.0723. The summed E-state index contributed by atoms with van der Waals surface area (Å²) in [5.74, 6) is 0.263. The van der Waals surface area contributed by atoms with Crippen LogP contribution >= 0.6 is 0 Å². The average Bonchev–Trinajstić information content (AvgIpc) is 3.05. The van der Waals surface area contributed by atoms with Crippen LogP contribution in [0.2, 0.25) is 0 Å². The molecule has 0 amide bonds. The van der Waals surface area contributed by atoms with Crippen molar-refractivity contribution in [3.63, 3.8) is 0 Å². The summed E-state index contributed by atoms with van der Waals surface area (Å²) in [5, 5.41) is 0. The van der Waals surface area contributed by atoms with E-state index in [2.05, 4.69) is 9.44 Å². The van der Waals surface area contributed by atoms with Crippen molar-refractivity contribution in [2.45, 2.75) is 36.6 Å². The van der Waals surface area contributed by atoms with Crippen molar-refractivity contribution in [3.05, 3.63) is 18.2 Å². The van der Waals surface area contributed by atoms with Crippen molar-refractivity contribution < 1.29 is 26.3 Å². The second-order valence-corrected chi connectivity index (χ2v) is 9.44. The first-order valence-electron chi connectivity index (χ1n) is 7.99. The molecular weight excluding hydrogens is 368 g/mol. The van der Waals surface area contributed by atoms with Crippen LogP contribution in [0.1, 0.15) is 25.7 Å². The SMILES string of the molecule is COc1ccc(S(=O)(=O)NCCS(=O)(=O)NC2CCCC2)c(OC)c1. The van der Waals surface area contributed by atoms with Crippen molar-refractivity contribution in [3.8, 4) is 11.5 Å². The summed E-state index contributed by atoms with van der Waals surface area (Å²) in [7, 11) is -4.61. The van der Waals surface area contributed by atoms with E-state index in [1.54, 1.807) is 0 Å². The average molecular weight is 392 g/mol. The third kappa shape index (κ3) is 5.56. The third-order valence-corrected chi connectivity index (χ3v) is 6.96. The Morgan fingerprint density at radius 1 is 1.08 bits per heavy atom.